The molecule has 0 aliphatic rings. The molecule has 0 aliphatic carbocycles. The Bertz CT molecular complexity index is 339. The zero-order valence-electron chi connectivity index (χ0n) is 8.65. The van der Waals surface area contributed by atoms with E-state index in [1.54, 1.807) is 7.11 Å². The summed E-state index contributed by atoms with van der Waals surface area (Å²) < 4.78 is 5.26. The minimum absolute atomic E-state index is 0.551. The lowest BCUT2D eigenvalue weighted by Gasteiger charge is -2.14. The Kier molecular flexibility index (Phi) is 3.75. The Morgan fingerprint density at radius 3 is 2.64 bits per heavy atom. The highest BCUT2D eigenvalue weighted by Gasteiger charge is 2.11. The number of hydrogen-bond acceptors (Lipinski definition) is 3. The minimum Gasteiger partial charge on any atom is -0.496 e. The van der Waals surface area contributed by atoms with Crippen LogP contribution in [0.25, 0.3) is 0 Å². The molecule has 1 aromatic carbocycles. The third-order valence-electron chi connectivity index (χ3n) is 2.27. The normalized spacial score (nSPS) is 10.4. The average molecular weight is 215 g/mol. The van der Waals surface area contributed by atoms with Crippen LogP contribution in [0.15, 0.2) is 6.07 Å². The number of nitrogens with two attached hydrogens (primary N) is 1. The molecule has 0 aromatic heterocycles. The fourth-order valence-corrected chi connectivity index (χ4v) is 1.63. The molecule has 0 fully saturated rings. The maximum atomic E-state index is 6.12. The lowest BCUT2D eigenvalue weighted by Crippen LogP contribution is -2.22. The first kappa shape index (κ1) is 11.3. The molecule has 0 saturated carbocycles. The summed E-state index contributed by atoms with van der Waals surface area (Å²) in [5.41, 5.74) is 5.64. The molecule has 0 unspecified atom stereocenters. The van der Waals surface area contributed by atoms with Crippen LogP contribution in [0.2, 0.25) is 5.02 Å². The van der Waals surface area contributed by atoms with Gasteiger partial charge in [0.15, 0.2) is 0 Å². The quantitative estimate of drug-likeness (QED) is 0.597. The molecule has 3 nitrogen and oxygen atoms in total. The van der Waals surface area contributed by atoms with Crippen LogP contribution in [0.4, 0.5) is 0 Å². The first-order valence-corrected chi connectivity index (χ1v) is 4.75. The minimum atomic E-state index is 0.551. The monoisotopic (exact) mass is 214 g/mol. The molecule has 0 aliphatic heterocycles. The smallest absolute Gasteiger partial charge is 0.124 e. The van der Waals surface area contributed by atoms with Crippen LogP contribution < -0.4 is 16.0 Å². The van der Waals surface area contributed by atoms with Crippen molar-refractivity contribution in [2.45, 2.75) is 20.4 Å². The van der Waals surface area contributed by atoms with Crippen molar-refractivity contribution >= 4 is 11.6 Å². The van der Waals surface area contributed by atoms with Crippen molar-refractivity contribution in [2.24, 2.45) is 5.84 Å². The van der Waals surface area contributed by atoms with Gasteiger partial charge >= 0.3 is 0 Å². The fraction of sp³-hybridized carbons (Fsp3) is 0.400. The number of nitrogens with one attached hydrogen (secondary N) is 1. The third-order valence-corrected chi connectivity index (χ3v) is 2.85. The summed E-state index contributed by atoms with van der Waals surface area (Å²) in [6.45, 7) is 4.47. The van der Waals surface area contributed by atoms with E-state index in [1.807, 2.05) is 19.9 Å². The van der Waals surface area contributed by atoms with Gasteiger partial charge in [0.1, 0.15) is 5.75 Å². The van der Waals surface area contributed by atoms with Gasteiger partial charge in [-0.15, -0.1) is 0 Å². The number of aryl methyl sites for hydroxylation is 1. The van der Waals surface area contributed by atoms with E-state index >= 15 is 0 Å². The number of benzene rings is 1. The average Bonchev–Trinajstić information content (AvgIpc) is 2.19. The van der Waals surface area contributed by atoms with Gasteiger partial charge in [-0.05, 0) is 31.0 Å². The van der Waals surface area contributed by atoms with Gasteiger partial charge in [0.2, 0.25) is 0 Å². The fourth-order valence-electron chi connectivity index (χ4n) is 1.46. The van der Waals surface area contributed by atoms with Crippen LogP contribution >= 0.6 is 11.6 Å². The summed E-state index contributed by atoms with van der Waals surface area (Å²) in [7, 11) is 1.64. The zero-order chi connectivity index (χ0) is 10.7. The number of hydrogen-bond donors (Lipinski definition) is 2. The summed E-state index contributed by atoms with van der Waals surface area (Å²) >= 11 is 6.12. The Morgan fingerprint density at radius 1 is 1.50 bits per heavy atom. The maximum Gasteiger partial charge on any atom is 0.124 e. The van der Waals surface area contributed by atoms with E-state index in [-0.39, 0.29) is 0 Å². The van der Waals surface area contributed by atoms with Crippen LogP contribution in [0.3, 0.4) is 0 Å². The van der Waals surface area contributed by atoms with Crippen molar-refractivity contribution < 1.29 is 4.74 Å². The van der Waals surface area contributed by atoms with Crippen molar-refractivity contribution in [1.29, 1.82) is 0 Å². The first-order chi connectivity index (χ1) is 6.61. The second-order valence-corrected chi connectivity index (χ2v) is 3.57. The highest BCUT2D eigenvalue weighted by molar-refractivity contribution is 6.32. The Labute approximate surface area is 89.2 Å². The number of halogens is 1. The summed E-state index contributed by atoms with van der Waals surface area (Å²) in [6, 6.07) is 1.92. The van der Waals surface area contributed by atoms with Gasteiger partial charge < -0.3 is 4.74 Å². The highest BCUT2D eigenvalue weighted by Crippen LogP contribution is 2.31. The number of methoxy groups -OCH3 is 1. The third kappa shape index (κ3) is 2.00. The van der Waals surface area contributed by atoms with Gasteiger partial charge in [-0.25, -0.2) is 0 Å². The van der Waals surface area contributed by atoms with Crippen molar-refractivity contribution in [1.82, 2.24) is 5.43 Å². The molecule has 0 spiro atoms. The molecule has 0 atom stereocenters. The molecule has 14 heavy (non-hydrogen) atoms. The van der Waals surface area contributed by atoms with E-state index in [4.69, 9.17) is 22.2 Å². The SMILES string of the molecule is COc1cc(C)c(Cl)c(C)c1CNN. The largest absolute Gasteiger partial charge is 0.496 e. The predicted molar refractivity (Wildman–Crippen MR) is 58.5 cm³/mol. The van der Waals surface area contributed by atoms with Gasteiger partial charge in [0.25, 0.3) is 0 Å². The molecule has 0 radical (unpaired) electrons. The van der Waals surface area contributed by atoms with Gasteiger partial charge in [0, 0.05) is 17.1 Å². The molecular weight excluding hydrogens is 200 g/mol. The van der Waals surface area contributed by atoms with Gasteiger partial charge in [-0.1, -0.05) is 11.6 Å². The number of hydrazine groups is 1. The molecule has 0 bridgehead atoms. The molecule has 1 aromatic rings. The Hall–Kier alpha value is -0.770. The molecular formula is C10H15ClN2O. The first-order valence-electron chi connectivity index (χ1n) is 4.37. The maximum absolute atomic E-state index is 6.12. The zero-order valence-corrected chi connectivity index (χ0v) is 9.40. The van der Waals surface area contributed by atoms with E-state index < -0.39 is 0 Å². The van der Waals surface area contributed by atoms with E-state index in [2.05, 4.69) is 5.43 Å². The number of ether oxygens (including phenoxy) is 1. The van der Waals surface area contributed by atoms with E-state index in [0.717, 1.165) is 27.5 Å². The van der Waals surface area contributed by atoms with Gasteiger partial charge in [-0.2, -0.15) is 0 Å². The molecule has 0 amide bonds. The molecule has 4 heteroatoms. The van der Waals surface area contributed by atoms with Crippen molar-refractivity contribution in [3.8, 4) is 5.75 Å². The lowest BCUT2D eigenvalue weighted by molar-refractivity contribution is 0.407. The number of rotatable bonds is 3. The second kappa shape index (κ2) is 4.64. The van der Waals surface area contributed by atoms with Crippen LogP contribution in [-0.4, -0.2) is 7.11 Å². The Morgan fingerprint density at radius 2 is 2.14 bits per heavy atom. The molecule has 78 valence electrons. The summed E-state index contributed by atoms with van der Waals surface area (Å²) in [4.78, 5) is 0. The molecule has 0 heterocycles. The van der Waals surface area contributed by atoms with E-state index in [1.165, 1.54) is 0 Å². The van der Waals surface area contributed by atoms with Crippen molar-refractivity contribution in [2.75, 3.05) is 7.11 Å². The second-order valence-electron chi connectivity index (χ2n) is 3.19. The van der Waals surface area contributed by atoms with Crippen LogP contribution in [0.5, 0.6) is 5.75 Å². The Balaban J connectivity index is 3.29. The van der Waals surface area contributed by atoms with Gasteiger partial charge in [0.05, 0.1) is 7.11 Å². The topological polar surface area (TPSA) is 47.3 Å². The van der Waals surface area contributed by atoms with Crippen LogP contribution in [0.1, 0.15) is 16.7 Å². The molecule has 3 N–H and O–H groups in total. The summed E-state index contributed by atoms with van der Waals surface area (Å²) in [6.07, 6.45) is 0. The molecule has 1 rings (SSSR count). The van der Waals surface area contributed by atoms with Crippen molar-refractivity contribution in [3.63, 3.8) is 0 Å². The summed E-state index contributed by atoms with van der Waals surface area (Å²) in [5, 5.41) is 0.774. The highest BCUT2D eigenvalue weighted by atomic mass is 35.5. The van der Waals surface area contributed by atoms with E-state index in [9.17, 15) is 0 Å². The van der Waals surface area contributed by atoms with Gasteiger partial charge in [-0.3, -0.25) is 11.3 Å². The summed E-state index contributed by atoms with van der Waals surface area (Å²) in [5.74, 6) is 6.11. The molecule has 0 saturated heterocycles. The predicted octanol–water partition coefficient (Wildman–Crippen LogP) is 1.93. The lowest BCUT2D eigenvalue weighted by atomic mass is 10.0. The van der Waals surface area contributed by atoms with Crippen LogP contribution in [0, 0.1) is 13.8 Å². The standard InChI is InChI=1S/C10H15ClN2O/c1-6-4-9(14-3)8(5-13-12)7(2)10(6)11/h4,13H,5,12H2,1-3H3. The van der Waals surface area contributed by atoms with Crippen LogP contribution in [-0.2, 0) is 6.54 Å². The van der Waals surface area contributed by atoms with Crippen molar-refractivity contribution in [3.05, 3.63) is 27.8 Å². The van der Waals surface area contributed by atoms with E-state index in [0.29, 0.717) is 6.54 Å².